The fourth-order valence-corrected chi connectivity index (χ4v) is 4.76. The Labute approximate surface area is 235 Å². The van der Waals surface area contributed by atoms with Gasteiger partial charge in [-0.25, -0.2) is 4.58 Å². The highest BCUT2D eigenvalue weighted by Crippen LogP contribution is 2.37. The van der Waals surface area contributed by atoms with Crippen LogP contribution in [0.4, 0.5) is 0 Å². The Kier molecular flexibility index (Phi) is 8.55. The van der Waals surface area contributed by atoms with Crippen molar-refractivity contribution in [1.82, 2.24) is 0 Å². The van der Waals surface area contributed by atoms with Gasteiger partial charge in [0, 0.05) is 14.2 Å². The Bertz CT molecular complexity index is 1620. The van der Waals surface area contributed by atoms with Gasteiger partial charge in [-0.2, -0.15) is 0 Å². The third-order valence-corrected chi connectivity index (χ3v) is 6.65. The molecule has 5 nitrogen and oxygen atoms in total. The fourth-order valence-electron chi connectivity index (χ4n) is 4.76. The molecule has 0 aromatic heterocycles. The molecule has 5 aromatic carbocycles. The highest BCUT2D eigenvalue weighted by atomic mass is 16.7. The van der Waals surface area contributed by atoms with Crippen molar-refractivity contribution in [3.63, 3.8) is 0 Å². The monoisotopic (exact) mass is 532 g/mol. The van der Waals surface area contributed by atoms with E-state index < -0.39 is 0 Å². The Hall–Kier alpha value is -4.45. The van der Waals surface area contributed by atoms with Gasteiger partial charge in [-0.1, -0.05) is 72.8 Å². The Morgan fingerprint density at radius 1 is 0.575 bits per heavy atom. The first-order valence-corrected chi connectivity index (χ1v) is 13.2. The molecule has 5 heteroatoms. The summed E-state index contributed by atoms with van der Waals surface area (Å²) < 4.78 is 24.1. The lowest BCUT2D eigenvalue weighted by Crippen LogP contribution is -2.07. The van der Waals surface area contributed by atoms with Crippen molar-refractivity contribution in [3.05, 3.63) is 109 Å². The van der Waals surface area contributed by atoms with E-state index in [1.54, 1.807) is 14.2 Å². The van der Waals surface area contributed by atoms with Crippen LogP contribution >= 0.6 is 0 Å². The maximum atomic E-state index is 6.14. The van der Waals surface area contributed by atoms with Crippen molar-refractivity contribution in [2.24, 2.45) is 0 Å². The normalized spacial score (nSPS) is 10.9. The number of benzene rings is 5. The Morgan fingerprint density at radius 3 is 1.88 bits per heavy atom. The number of fused-ring (bicyclic) bond motifs is 1. The number of ether oxygens (including phenoxy) is 4. The van der Waals surface area contributed by atoms with Gasteiger partial charge < -0.3 is 18.9 Å². The van der Waals surface area contributed by atoms with Crippen LogP contribution in [0, 0.1) is 0 Å². The van der Waals surface area contributed by atoms with E-state index in [-0.39, 0.29) is 13.6 Å². The molecule has 0 bridgehead atoms. The molecule has 0 unspecified atom stereocenters. The molecule has 202 valence electrons. The molecule has 5 rings (SSSR count). The van der Waals surface area contributed by atoms with E-state index in [0.29, 0.717) is 0 Å². The van der Waals surface area contributed by atoms with Crippen LogP contribution in [0.15, 0.2) is 103 Å². The van der Waals surface area contributed by atoms with E-state index in [2.05, 4.69) is 91.1 Å². The third-order valence-electron chi connectivity index (χ3n) is 6.65. The molecule has 0 saturated carbocycles. The van der Waals surface area contributed by atoms with E-state index in [1.807, 2.05) is 36.9 Å². The van der Waals surface area contributed by atoms with Crippen LogP contribution in [0.2, 0.25) is 0 Å². The molecule has 0 saturated heterocycles. The van der Waals surface area contributed by atoms with Gasteiger partial charge in [0.1, 0.15) is 25.6 Å². The minimum Gasteiger partial charge on any atom is -0.468 e. The summed E-state index contributed by atoms with van der Waals surface area (Å²) >= 11 is 0. The quantitative estimate of drug-likeness (QED) is 0.106. The summed E-state index contributed by atoms with van der Waals surface area (Å²) in [6.45, 7) is 0.378. The standard InChI is InChI=1S/C35H34NO4/c1-36(2)22-34-33(30-15-14-29-19-32(39-23-37-3)17-16-28(29)18-30)20-31(21-35(34)40-24-38-4)27-12-10-26(11-13-27)25-8-6-5-7-9-25/h5-22H,23-24H2,1-4H3/q+1. The number of nitrogens with zero attached hydrogens (tertiary/aromatic N) is 1. The molecule has 0 aliphatic carbocycles. The molecule has 0 heterocycles. The zero-order valence-electron chi connectivity index (χ0n) is 23.4. The van der Waals surface area contributed by atoms with Crippen LogP contribution in [-0.2, 0) is 9.47 Å². The second-order valence-electron chi connectivity index (χ2n) is 9.80. The van der Waals surface area contributed by atoms with Gasteiger partial charge in [0.2, 0.25) is 0 Å². The van der Waals surface area contributed by atoms with Crippen LogP contribution < -0.4 is 9.47 Å². The van der Waals surface area contributed by atoms with E-state index >= 15 is 0 Å². The van der Waals surface area contributed by atoms with Crippen LogP contribution in [0.1, 0.15) is 5.56 Å². The molecule has 5 aromatic rings. The number of methoxy groups -OCH3 is 2. The molecule has 0 aliphatic rings. The van der Waals surface area contributed by atoms with Crippen molar-refractivity contribution in [2.75, 3.05) is 41.9 Å². The van der Waals surface area contributed by atoms with Crippen molar-refractivity contribution >= 4 is 17.0 Å². The average molecular weight is 533 g/mol. The van der Waals surface area contributed by atoms with Crippen LogP contribution in [-0.4, -0.2) is 52.7 Å². The summed E-state index contributed by atoms with van der Waals surface area (Å²) in [5, 5.41) is 2.22. The van der Waals surface area contributed by atoms with Gasteiger partial charge in [0.15, 0.2) is 19.8 Å². The second kappa shape index (κ2) is 12.6. The van der Waals surface area contributed by atoms with Crippen molar-refractivity contribution in [1.29, 1.82) is 0 Å². The number of hydrogen-bond donors (Lipinski definition) is 0. The molecule has 0 N–H and O–H groups in total. The molecule has 0 fully saturated rings. The first-order chi connectivity index (χ1) is 19.6. The average Bonchev–Trinajstić information content (AvgIpc) is 2.99. The lowest BCUT2D eigenvalue weighted by Gasteiger charge is -2.16. The molecule has 0 spiro atoms. The molecule has 0 aliphatic heterocycles. The smallest absolute Gasteiger partial charge is 0.188 e. The minimum absolute atomic E-state index is 0.159. The molecule has 0 amide bonds. The predicted molar refractivity (Wildman–Crippen MR) is 163 cm³/mol. The summed E-state index contributed by atoms with van der Waals surface area (Å²) in [5.41, 5.74) is 7.72. The predicted octanol–water partition coefficient (Wildman–Crippen LogP) is 7.50. The summed E-state index contributed by atoms with van der Waals surface area (Å²) in [6.07, 6.45) is 2.09. The molecular weight excluding hydrogens is 498 g/mol. The van der Waals surface area contributed by atoms with Gasteiger partial charge >= 0.3 is 0 Å². The lowest BCUT2D eigenvalue weighted by molar-refractivity contribution is -0.458. The van der Waals surface area contributed by atoms with E-state index in [1.165, 1.54) is 11.1 Å². The van der Waals surface area contributed by atoms with Crippen LogP contribution in [0.25, 0.3) is 44.2 Å². The molecule has 0 atom stereocenters. The van der Waals surface area contributed by atoms with Gasteiger partial charge in [0.05, 0.1) is 5.56 Å². The van der Waals surface area contributed by atoms with Gasteiger partial charge in [-0.3, -0.25) is 0 Å². The second-order valence-corrected chi connectivity index (χ2v) is 9.80. The Balaban J connectivity index is 1.62. The van der Waals surface area contributed by atoms with E-state index in [0.717, 1.165) is 50.1 Å². The number of rotatable bonds is 10. The fraction of sp³-hybridized carbons (Fsp3) is 0.171. The van der Waals surface area contributed by atoms with Crippen molar-refractivity contribution in [2.45, 2.75) is 0 Å². The van der Waals surface area contributed by atoms with E-state index in [4.69, 9.17) is 18.9 Å². The van der Waals surface area contributed by atoms with Gasteiger partial charge in [0.25, 0.3) is 0 Å². The van der Waals surface area contributed by atoms with Gasteiger partial charge in [-0.05, 0) is 74.5 Å². The number of hydrogen-bond acceptors (Lipinski definition) is 4. The zero-order valence-corrected chi connectivity index (χ0v) is 23.4. The van der Waals surface area contributed by atoms with Crippen molar-refractivity contribution in [3.8, 4) is 44.9 Å². The van der Waals surface area contributed by atoms with Crippen LogP contribution in [0.5, 0.6) is 11.5 Å². The topological polar surface area (TPSA) is 39.9 Å². The summed E-state index contributed by atoms with van der Waals surface area (Å²) in [4.78, 5) is 0. The molecule has 40 heavy (non-hydrogen) atoms. The lowest BCUT2D eigenvalue weighted by atomic mass is 9.92. The first-order valence-electron chi connectivity index (χ1n) is 13.2. The molecule has 0 radical (unpaired) electrons. The van der Waals surface area contributed by atoms with E-state index in [9.17, 15) is 0 Å². The molecular formula is C35H34NO4+. The zero-order chi connectivity index (χ0) is 27.9. The summed E-state index contributed by atoms with van der Waals surface area (Å²) in [5.74, 6) is 1.54. The highest BCUT2D eigenvalue weighted by molar-refractivity contribution is 5.97. The maximum Gasteiger partial charge on any atom is 0.188 e. The highest BCUT2D eigenvalue weighted by Gasteiger charge is 2.17. The van der Waals surface area contributed by atoms with Crippen molar-refractivity contribution < 1.29 is 23.5 Å². The Morgan fingerprint density at radius 2 is 1.18 bits per heavy atom. The SMILES string of the molecule is COCOc1ccc2cc(-c3cc(-c4ccc(-c5ccccc5)cc4)cc(OCOC)c3C=[N+](C)C)ccc2c1. The van der Waals surface area contributed by atoms with Gasteiger partial charge in [-0.15, -0.1) is 0 Å². The minimum atomic E-state index is 0.159. The maximum absolute atomic E-state index is 6.14. The van der Waals surface area contributed by atoms with Crippen LogP contribution in [0.3, 0.4) is 0 Å². The summed E-state index contributed by atoms with van der Waals surface area (Å²) in [7, 11) is 7.28. The summed E-state index contributed by atoms with van der Waals surface area (Å²) in [6, 6.07) is 36.0. The third kappa shape index (κ3) is 6.23. The first kappa shape index (κ1) is 27.1. The largest absolute Gasteiger partial charge is 0.468 e.